The molecular weight excluding hydrogens is 342 g/mol. The fourth-order valence-electron chi connectivity index (χ4n) is 3.16. The van der Waals surface area contributed by atoms with Crippen molar-refractivity contribution in [2.75, 3.05) is 12.4 Å². The average Bonchev–Trinajstić information content (AvgIpc) is 2.53. The highest BCUT2D eigenvalue weighted by atomic mass is 32.1. The fourth-order valence-corrected chi connectivity index (χ4v) is 3.35. The van der Waals surface area contributed by atoms with Crippen LogP contribution in [0, 0.1) is 4.77 Å². The number of methoxy groups -OCH3 is 1. The Morgan fingerprint density at radius 3 is 2.68 bits per heavy atom. The summed E-state index contributed by atoms with van der Waals surface area (Å²) in [6.07, 6.45) is 0. The maximum Gasteiger partial charge on any atom is 0.257 e. The van der Waals surface area contributed by atoms with E-state index in [4.69, 9.17) is 17.0 Å². The summed E-state index contributed by atoms with van der Waals surface area (Å²) in [5, 5.41) is 12.9. The lowest BCUT2D eigenvalue weighted by atomic mass is 9.80. The zero-order chi connectivity index (χ0) is 18.3. The van der Waals surface area contributed by atoms with Crippen molar-refractivity contribution in [3.05, 3.63) is 55.7 Å². The summed E-state index contributed by atoms with van der Waals surface area (Å²) >= 11 is 5.03. The fraction of sp³-hybridized carbons (Fsp3) is 0.235. The van der Waals surface area contributed by atoms with Gasteiger partial charge in [0.15, 0.2) is 22.1 Å². The van der Waals surface area contributed by atoms with E-state index >= 15 is 0 Å². The SMILES string of the molecule is COc1cc([C@H]2C(C(C)=O)=C(C)Nc3[nH]c(=S)[nH]c(=O)c32)ccc1O. The summed E-state index contributed by atoms with van der Waals surface area (Å²) < 4.78 is 5.35. The summed E-state index contributed by atoms with van der Waals surface area (Å²) in [6.45, 7) is 3.22. The first-order valence-electron chi connectivity index (χ1n) is 7.55. The number of carbonyl (C=O) groups excluding carboxylic acids is 1. The van der Waals surface area contributed by atoms with Crippen molar-refractivity contribution in [3.8, 4) is 11.5 Å². The third-order valence-electron chi connectivity index (χ3n) is 4.19. The molecule has 25 heavy (non-hydrogen) atoms. The number of hydrogen-bond acceptors (Lipinski definition) is 6. The minimum atomic E-state index is -0.612. The van der Waals surface area contributed by atoms with Crippen molar-refractivity contribution in [2.45, 2.75) is 19.8 Å². The van der Waals surface area contributed by atoms with Crippen molar-refractivity contribution < 1.29 is 14.6 Å². The van der Waals surface area contributed by atoms with Gasteiger partial charge in [0.2, 0.25) is 0 Å². The quantitative estimate of drug-likeness (QED) is 0.628. The number of aromatic amines is 2. The maximum absolute atomic E-state index is 12.6. The van der Waals surface area contributed by atoms with Gasteiger partial charge in [-0.1, -0.05) is 6.07 Å². The van der Waals surface area contributed by atoms with Gasteiger partial charge < -0.3 is 20.1 Å². The number of hydrogen-bond donors (Lipinski definition) is 4. The number of rotatable bonds is 3. The van der Waals surface area contributed by atoms with Gasteiger partial charge in [0.05, 0.1) is 12.7 Å². The van der Waals surface area contributed by atoms with Crippen molar-refractivity contribution in [2.24, 2.45) is 0 Å². The van der Waals surface area contributed by atoms with Crippen molar-refractivity contribution in [1.82, 2.24) is 9.97 Å². The molecule has 0 aliphatic carbocycles. The van der Waals surface area contributed by atoms with Gasteiger partial charge in [-0.3, -0.25) is 14.6 Å². The van der Waals surface area contributed by atoms with E-state index in [-0.39, 0.29) is 27.6 Å². The number of anilines is 1. The van der Waals surface area contributed by atoms with Crippen LogP contribution in [-0.4, -0.2) is 28.0 Å². The van der Waals surface area contributed by atoms with Crippen LogP contribution in [0.1, 0.15) is 30.9 Å². The number of Topliss-reactive ketones (excluding diaryl/α,β-unsaturated/α-hetero) is 1. The molecule has 0 spiro atoms. The molecule has 0 unspecified atom stereocenters. The Kier molecular flexibility index (Phi) is 4.22. The Hall–Kier alpha value is -2.87. The Morgan fingerprint density at radius 1 is 1.32 bits per heavy atom. The van der Waals surface area contributed by atoms with Gasteiger partial charge in [0.25, 0.3) is 5.56 Å². The predicted octanol–water partition coefficient (Wildman–Crippen LogP) is 2.57. The molecule has 0 saturated heterocycles. The van der Waals surface area contributed by atoms with E-state index in [1.165, 1.54) is 20.1 Å². The Balaban J connectivity index is 2.34. The summed E-state index contributed by atoms with van der Waals surface area (Å²) in [7, 11) is 1.44. The lowest BCUT2D eigenvalue weighted by Gasteiger charge is -2.29. The number of H-pyrrole nitrogens is 2. The largest absolute Gasteiger partial charge is 0.504 e. The van der Waals surface area contributed by atoms with Gasteiger partial charge in [0.1, 0.15) is 5.82 Å². The van der Waals surface area contributed by atoms with Gasteiger partial charge in [-0.25, -0.2) is 0 Å². The number of aromatic nitrogens is 2. The normalized spacial score (nSPS) is 16.2. The number of phenols is 1. The molecule has 130 valence electrons. The number of carbonyl (C=O) groups is 1. The van der Waals surface area contributed by atoms with Crippen LogP contribution < -0.4 is 15.6 Å². The molecule has 2 aromatic rings. The molecule has 2 heterocycles. The second-order valence-electron chi connectivity index (χ2n) is 5.78. The number of aromatic hydroxyl groups is 1. The summed E-state index contributed by atoms with van der Waals surface area (Å²) in [6, 6.07) is 4.75. The Bertz CT molecular complexity index is 1020. The van der Waals surface area contributed by atoms with Gasteiger partial charge in [-0.15, -0.1) is 0 Å². The molecule has 0 fully saturated rings. The van der Waals surface area contributed by atoms with E-state index in [1.54, 1.807) is 19.1 Å². The molecule has 1 aliphatic rings. The number of benzene rings is 1. The highest BCUT2D eigenvalue weighted by Gasteiger charge is 2.33. The summed E-state index contributed by atoms with van der Waals surface area (Å²) in [4.78, 5) is 30.3. The first-order valence-corrected chi connectivity index (χ1v) is 7.96. The number of ether oxygens (including phenoxy) is 1. The second kappa shape index (κ2) is 6.21. The minimum Gasteiger partial charge on any atom is -0.504 e. The lowest BCUT2D eigenvalue weighted by molar-refractivity contribution is -0.113. The lowest BCUT2D eigenvalue weighted by Crippen LogP contribution is -2.29. The molecule has 1 aromatic heterocycles. The standard InChI is InChI=1S/C17H17N3O4S/c1-7-12(8(2)21)13(9-4-5-10(22)11(6-9)24-3)14-15(18-7)19-17(25)20-16(14)23/h4-6,13,22H,1-3H3,(H3,18,19,20,23,25)/t13-/m0/s1. The van der Waals surface area contributed by atoms with E-state index in [2.05, 4.69) is 15.3 Å². The molecule has 1 aromatic carbocycles. The van der Waals surface area contributed by atoms with Crippen LogP contribution in [0.3, 0.4) is 0 Å². The Morgan fingerprint density at radius 2 is 2.04 bits per heavy atom. The number of phenolic OH excluding ortho intramolecular Hbond substituents is 1. The molecule has 0 radical (unpaired) electrons. The van der Waals surface area contributed by atoms with Crippen LogP contribution in [0.4, 0.5) is 5.82 Å². The van der Waals surface area contributed by atoms with E-state index in [0.29, 0.717) is 28.2 Å². The zero-order valence-corrected chi connectivity index (χ0v) is 14.7. The monoisotopic (exact) mass is 359 g/mol. The van der Waals surface area contributed by atoms with Crippen LogP contribution in [0.25, 0.3) is 0 Å². The van der Waals surface area contributed by atoms with Crippen LogP contribution in [-0.2, 0) is 4.79 Å². The Labute approximate surface area is 148 Å². The number of allylic oxidation sites excluding steroid dienone is 2. The topological polar surface area (TPSA) is 107 Å². The van der Waals surface area contributed by atoms with Crippen LogP contribution in [0.2, 0.25) is 0 Å². The van der Waals surface area contributed by atoms with Crippen molar-refractivity contribution >= 4 is 23.8 Å². The summed E-state index contributed by atoms with van der Waals surface area (Å²) in [5.41, 5.74) is 1.73. The average molecular weight is 359 g/mol. The highest BCUT2D eigenvalue weighted by molar-refractivity contribution is 7.71. The zero-order valence-electron chi connectivity index (χ0n) is 13.9. The van der Waals surface area contributed by atoms with Crippen LogP contribution in [0.15, 0.2) is 34.3 Å². The van der Waals surface area contributed by atoms with Crippen molar-refractivity contribution in [1.29, 1.82) is 0 Å². The molecule has 4 N–H and O–H groups in total. The molecule has 8 heteroatoms. The number of nitrogens with one attached hydrogen (secondary N) is 3. The third-order valence-corrected chi connectivity index (χ3v) is 4.39. The minimum absolute atomic E-state index is 0.0214. The predicted molar refractivity (Wildman–Crippen MR) is 95.8 cm³/mol. The van der Waals surface area contributed by atoms with Gasteiger partial charge in [-0.2, -0.15) is 0 Å². The molecule has 0 amide bonds. The molecular formula is C17H17N3O4S. The van der Waals surface area contributed by atoms with E-state index < -0.39 is 5.92 Å². The molecule has 0 saturated carbocycles. The molecule has 7 nitrogen and oxygen atoms in total. The van der Waals surface area contributed by atoms with Gasteiger partial charge in [0, 0.05) is 17.2 Å². The van der Waals surface area contributed by atoms with E-state index in [0.717, 1.165) is 0 Å². The van der Waals surface area contributed by atoms with Crippen LogP contribution in [0.5, 0.6) is 11.5 Å². The first kappa shape index (κ1) is 17.0. The molecule has 1 aliphatic heterocycles. The maximum atomic E-state index is 12.6. The van der Waals surface area contributed by atoms with Crippen molar-refractivity contribution in [3.63, 3.8) is 0 Å². The first-order chi connectivity index (χ1) is 11.8. The number of ketones is 1. The van der Waals surface area contributed by atoms with E-state index in [1.807, 2.05) is 0 Å². The molecule has 0 bridgehead atoms. The highest BCUT2D eigenvalue weighted by Crippen LogP contribution is 2.41. The van der Waals surface area contributed by atoms with E-state index in [9.17, 15) is 14.7 Å². The van der Waals surface area contributed by atoms with Gasteiger partial charge >= 0.3 is 0 Å². The number of fused-ring (bicyclic) bond motifs is 1. The third kappa shape index (κ3) is 2.85. The summed E-state index contributed by atoms with van der Waals surface area (Å²) in [5.74, 6) is -0.0769. The smallest absolute Gasteiger partial charge is 0.257 e. The van der Waals surface area contributed by atoms with Crippen LogP contribution >= 0.6 is 12.2 Å². The molecule has 3 rings (SSSR count). The van der Waals surface area contributed by atoms with Gasteiger partial charge in [-0.05, 0) is 43.8 Å². The molecule has 1 atom stereocenters. The second-order valence-corrected chi connectivity index (χ2v) is 6.19.